The summed E-state index contributed by atoms with van der Waals surface area (Å²) in [7, 11) is 0. The van der Waals surface area contributed by atoms with Crippen molar-refractivity contribution in [1.82, 2.24) is 35.1 Å². The van der Waals surface area contributed by atoms with Crippen molar-refractivity contribution in [2.75, 3.05) is 6.54 Å². The van der Waals surface area contributed by atoms with Crippen LogP contribution in [0, 0.1) is 0 Å². The molecule has 0 saturated carbocycles. The molecular weight excluding hydrogens is 358 g/mol. The molecule has 0 saturated heterocycles. The second-order valence-electron chi connectivity index (χ2n) is 6.15. The average molecular weight is 375 g/mol. The Morgan fingerprint density at radius 1 is 1.04 bits per heavy atom. The molecule has 9 nitrogen and oxygen atoms in total. The SMILES string of the molecule is O=C(NCCn1cnc2ccccc2c1=O)[C@@H](c1ccccc1)n1cnnn1. The first-order valence-corrected chi connectivity index (χ1v) is 8.73. The highest BCUT2D eigenvalue weighted by atomic mass is 16.2. The summed E-state index contributed by atoms with van der Waals surface area (Å²) in [6.45, 7) is 0.573. The number of carbonyl (C=O) groups excluding carboxylic acids is 1. The molecule has 9 heteroatoms. The molecule has 1 amide bonds. The van der Waals surface area contributed by atoms with Crippen LogP contribution < -0.4 is 10.9 Å². The number of fused-ring (bicyclic) bond motifs is 1. The summed E-state index contributed by atoms with van der Waals surface area (Å²) in [6, 6.07) is 15.7. The molecule has 140 valence electrons. The third kappa shape index (κ3) is 3.50. The van der Waals surface area contributed by atoms with Crippen molar-refractivity contribution < 1.29 is 4.79 Å². The summed E-state index contributed by atoms with van der Waals surface area (Å²) in [5.74, 6) is -0.264. The van der Waals surface area contributed by atoms with Gasteiger partial charge in [0.25, 0.3) is 5.56 Å². The lowest BCUT2D eigenvalue weighted by atomic mass is 10.1. The van der Waals surface area contributed by atoms with E-state index in [9.17, 15) is 9.59 Å². The highest BCUT2D eigenvalue weighted by molar-refractivity contribution is 5.83. The first-order chi connectivity index (χ1) is 13.7. The molecule has 4 rings (SSSR count). The quantitative estimate of drug-likeness (QED) is 0.534. The van der Waals surface area contributed by atoms with E-state index >= 15 is 0 Å². The maximum absolute atomic E-state index is 12.8. The van der Waals surface area contributed by atoms with Gasteiger partial charge in [0.15, 0.2) is 6.04 Å². The number of carbonyl (C=O) groups is 1. The number of hydrogen-bond donors (Lipinski definition) is 1. The monoisotopic (exact) mass is 375 g/mol. The van der Waals surface area contributed by atoms with Gasteiger partial charge in [0.2, 0.25) is 5.91 Å². The number of rotatable bonds is 6. The number of tetrazole rings is 1. The number of para-hydroxylation sites is 1. The number of aromatic nitrogens is 6. The van der Waals surface area contributed by atoms with Gasteiger partial charge in [-0.05, 0) is 28.1 Å². The Kier molecular flexibility index (Phi) is 4.87. The van der Waals surface area contributed by atoms with Crippen molar-refractivity contribution in [1.29, 1.82) is 0 Å². The van der Waals surface area contributed by atoms with Crippen molar-refractivity contribution in [3.05, 3.63) is 83.2 Å². The highest BCUT2D eigenvalue weighted by Crippen LogP contribution is 2.16. The van der Waals surface area contributed by atoms with Crippen molar-refractivity contribution in [2.45, 2.75) is 12.6 Å². The smallest absolute Gasteiger partial charge is 0.261 e. The zero-order valence-corrected chi connectivity index (χ0v) is 14.8. The topological polar surface area (TPSA) is 108 Å². The molecular formula is C19H17N7O2. The predicted octanol–water partition coefficient (Wildman–Crippen LogP) is 0.789. The van der Waals surface area contributed by atoms with Crippen molar-refractivity contribution in [3.63, 3.8) is 0 Å². The van der Waals surface area contributed by atoms with Crippen LogP contribution in [0.25, 0.3) is 10.9 Å². The minimum absolute atomic E-state index is 0.139. The van der Waals surface area contributed by atoms with Gasteiger partial charge in [0.1, 0.15) is 6.33 Å². The lowest BCUT2D eigenvalue weighted by Gasteiger charge is -2.17. The van der Waals surface area contributed by atoms with Gasteiger partial charge < -0.3 is 5.32 Å². The number of hydrogen-bond acceptors (Lipinski definition) is 6. The second kappa shape index (κ2) is 7.78. The summed E-state index contributed by atoms with van der Waals surface area (Å²) in [5.41, 5.74) is 1.27. The van der Waals surface area contributed by atoms with Crippen molar-refractivity contribution >= 4 is 16.8 Å². The van der Waals surface area contributed by atoms with Gasteiger partial charge in [0, 0.05) is 13.1 Å². The third-order valence-corrected chi connectivity index (χ3v) is 4.38. The third-order valence-electron chi connectivity index (χ3n) is 4.38. The Labute approximate surface area is 159 Å². The summed E-state index contributed by atoms with van der Waals surface area (Å²) in [6.07, 6.45) is 2.89. The summed E-state index contributed by atoms with van der Waals surface area (Å²) < 4.78 is 2.88. The van der Waals surface area contributed by atoms with Gasteiger partial charge in [-0.15, -0.1) is 5.10 Å². The van der Waals surface area contributed by atoms with Crippen molar-refractivity contribution in [3.8, 4) is 0 Å². The maximum atomic E-state index is 12.8. The van der Waals surface area contributed by atoms with E-state index in [-0.39, 0.29) is 18.0 Å². The van der Waals surface area contributed by atoms with Gasteiger partial charge in [-0.25, -0.2) is 9.67 Å². The van der Waals surface area contributed by atoms with Crippen LogP contribution in [0.1, 0.15) is 11.6 Å². The van der Waals surface area contributed by atoms with E-state index in [1.165, 1.54) is 21.9 Å². The molecule has 2 aromatic carbocycles. The normalized spacial score (nSPS) is 12.0. The lowest BCUT2D eigenvalue weighted by molar-refractivity contribution is -0.123. The average Bonchev–Trinajstić information content (AvgIpc) is 3.25. The van der Waals surface area contributed by atoms with Crippen LogP contribution in [0.3, 0.4) is 0 Å². The molecule has 0 unspecified atom stereocenters. The number of amides is 1. The van der Waals surface area contributed by atoms with E-state index in [4.69, 9.17) is 0 Å². The van der Waals surface area contributed by atoms with Crippen LogP contribution in [-0.4, -0.2) is 42.2 Å². The molecule has 2 aromatic heterocycles. The first-order valence-electron chi connectivity index (χ1n) is 8.73. The predicted molar refractivity (Wildman–Crippen MR) is 101 cm³/mol. The van der Waals surface area contributed by atoms with Crippen LogP contribution in [0.5, 0.6) is 0 Å². The standard InChI is InChI=1S/C19H17N7O2/c27-18(17(26-13-22-23-24-26)14-6-2-1-3-7-14)20-10-11-25-12-21-16-9-5-4-8-15(16)19(25)28/h1-9,12-13,17H,10-11H2,(H,20,27)/t17-/m1/s1. The van der Waals surface area contributed by atoms with Crippen LogP contribution in [0.2, 0.25) is 0 Å². The number of nitrogens with one attached hydrogen (secondary N) is 1. The molecule has 2 heterocycles. The summed E-state index contributed by atoms with van der Waals surface area (Å²) >= 11 is 0. The second-order valence-corrected chi connectivity index (χ2v) is 6.15. The van der Waals surface area contributed by atoms with Crippen LogP contribution >= 0.6 is 0 Å². The van der Waals surface area contributed by atoms with Gasteiger partial charge in [0.05, 0.1) is 17.2 Å². The van der Waals surface area contributed by atoms with Gasteiger partial charge >= 0.3 is 0 Å². The van der Waals surface area contributed by atoms with E-state index in [0.717, 1.165) is 5.56 Å². The molecule has 4 aromatic rings. The first kappa shape index (κ1) is 17.5. The molecule has 0 radical (unpaired) electrons. The minimum atomic E-state index is -0.692. The number of benzene rings is 2. The Balaban J connectivity index is 1.49. The Morgan fingerprint density at radius 2 is 1.82 bits per heavy atom. The van der Waals surface area contributed by atoms with E-state index in [2.05, 4.69) is 25.8 Å². The molecule has 1 N–H and O–H groups in total. The highest BCUT2D eigenvalue weighted by Gasteiger charge is 2.23. The van der Waals surface area contributed by atoms with Crippen LogP contribution in [0.15, 0.2) is 72.0 Å². The maximum Gasteiger partial charge on any atom is 0.261 e. The largest absolute Gasteiger partial charge is 0.352 e. The number of nitrogens with zero attached hydrogens (tertiary/aromatic N) is 6. The molecule has 0 bridgehead atoms. The van der Waals surface area contributed by atoms with Gasteiger partial charge in [-0.3, -0.25) is 14.2 Å². The minimum Gasteiger partial charge on any atom is -0.352 e. The molecule has 0 aliphatic rings. The van der Waals surface area contributed by atoms with Gasteiger partial charge in [-0.1, -0.05) is 42.5 Å². The summed E-state index contributed by atoms with van der Waals surface area (Å²) in [4.78, 5) is 29.6. The Hall–Kier alpha value is -3.88. The Bertz CT molecular complexity index is 1140. The molecule has 0 spiro atoms. The van der Waals surface area contributed by atoms with Crippen LogP contribution in [-0.2, 0) is 11.3 Å². The fourth-order valence-electron chi connectivity index (χ4n) is 3.01. The molecule has 0 fully saturated rings. The van der Waals surface area contributed by atoms with E-state index in [1.54, 1.807) is 18.2 Å². The molecule has 1 atom stereocenters. The lowest BCUT2D eigenvalue weighted by Crippen LogP contribution is -2.36. The Morgan fingerprint density at radius 3 is 2.61 bits per heavy atom. The van der Waals surface area contributed by atoms with E-state index in [1.807, 2.05) is 36.4 Å². The van der Waals surface area contributed by atoms with Crippen molar-refractivity contribution in [2.24, 2.45) is 0 Å². The zero-order valence-electron chi connectivity index (χ0n) is 14.8. The molecule has 0 aliphatic heterocycles. The summed E-state index contributed by atoms with van der Waals surface area (Å²) in [5, 5.41) is 14.5. The molecule has 28 heavy (non-hydrogen) atoms. The van der Waals surface area contributed by atoms with E-state index < -0.39 is 6.04 Å². The van der Waals surface area contributed by atoms with Gasteiger partial charge in [-0.2, -0.15) is 0 Å². The van der Waals surface area contributed by atoms with E-state index in [0.29, 0.717) is 17.4 Å². The fraction of sp³-hybridized carbons (Fsp3) is 0.158. The zero-order chi connectivity index (χ0) is 19.3. The molecule has 0 aliphatic carbocycles. The fourth-order valence-corrected chi connectivity index (χ4v) is 3.01. The van der Waals surface area contributed by atoms with Crippen LogP contribution in [0.4, 0.5) is 0 Å².